The zero-order valence-corrected chi connectivity index (χ0v) is 20.2. The van der Waals surface area contributed by atoms with Gasteiger partial charge < -0.3 is 10.6 Å². The van der Waals surface area contributed by atoms with Crippen LogP contribution in [0.25, 0.3) is 33.3 Å². The van der Waals surface area contributed by atoms with E-state index in [0.717, 1.165) is 57.5 Å². The minimum absolute atomic E-state index is 0.258. The van der Waals surface area contributed by atoms with Crippen molar-refractivity contribution in [3.8, 4) is 22.4 Å². The Labute approximate surface area is 194 Å². The Morgan fingerprint density at radius 2 is 1.88 bits per heavy atom. The standard InChI is InChI=1S/C26H32N6O/c1-7-17(4)29-26-21(11-19(16(2)3)12-23(26)27-15-33)18-8-9-24-22(10-18)25(30-32(24)6)20-13-28-31(5)14-20/h8-17,29H,7H2,1-6H3,(H,27,33). The van der Waals surface area contributed by atoms with E-state index in [1.54, 1.807) is 4.68 Å². The quantitative estimate of drug-likeness (QED) is 0.350. The van der Waals surface area contributed by atoms with Crippen LogP contribution in [-0.4, -0.2) is 32.0 Å². The van der Waals surface area contributed by atoms with Crippen molar-refractivity contribution in [3.05, 3.63) is 48.3 Å². The van der Waals surface area contributed by atoms with Gasteiger partial charge in [-0.3, -0.25) is 14.2 Å². The van der Waals surface area contributed by atoms with E-state index in [9.17, 15) is 4.79 Å². The van der Waals surface area contributed by atoms with Gasteiger partial charge in [0.1, 0.15) is 5.69 Å². The van der Waals surface area contributed by atoms with E-state index in [2.05, 4.69) is 73.8 Å². The number of anilines is 2. The number of nitrogens with one attached hydrogen (secondary N) is 2. The molecule has 0 aliphatic rings. The number of benzene rings is 2. The number of carbonyl (C=O) groups is 1. The fourth-order valence-corrected chi connectivity index (χ4v) is 4.10. The van der Waals surface area contributed by atoms with Crippen LogP contribution >= 0.6 is 0 Å². The van der Waals surface area contributed by atoms with Crippen LogP contribution in [-0.2, 0) is 18.9 Å². The molecule has 0 spiro atoms. The molecule has 7 heteroatoms. The number of carbonyl (C=O) groups excluding carboxylic acids is 1. The summed E-state index contributed by atoms with van der Waals surface area (Å²) >= 11 is 0. The predicted octanol–water partition coefficient (Wildman–Crippen LogP) is 5.54. The molecule has 4 aromatic rings. The van der Waals surface area contributed by atoms with E-state index in [1.165, 1.54) is 5.56 Å². The Balaban J connectivity index is 1.96. The molecule has 1 atom stereocenters. The van der Waals surface area contributed by atoms with Crippen LogP contribution in [0, 0.1) is 0 Å². The minimum atomic E-state index is 0.258. The zero-order valence-electron chi connectivity index (χ0n) is 20.2. The van der Waals surface area contributed by atoms with Gasteiger partial charge in [-0.25, -0.2) is 0 Å². The van der Waals surface area contributed by atoms with E-state index in [1.807, 2.05) is 31.2 Å². The molecule has 0 radical (unpaired) electrons. The largest absolute Gasteiger partial charge is 0.380 e. The number of rotatable bonds is 8. The van der Waals surface area contributed by atoms with E-state index in [4.69, 9.17) is 5.10 Å². The first-order chi connectivity index (χ1) is 15.8. The molecule has 1 amide bonds. The molecule has 0 aliphatic carbocycles. The summed E-state index contributed by atoms with van der Waals surface area (Å²) in [6.07, 6.45) is 5.54. The first kappa shape index (κ1) is 22.6. The molecular formula is C26H32N6O. The summed E-state index contributed by atoms with van der Waals surface area (Å²) in [6, 6.07) is 11.0. The smallest absolute Gasteiger partial charge is 0.211 e. The van der Waals surface area contributed by atoms with Crippen molar-refractivity contribution in [2.75, 3.05) is 10.6 Å². The second-order valence-corrected chi connectivity index (χ2v) is 8.97. The number of fused-ring (bicyclic) bond motifs is 1. The number of aromatic nitrogens is 4. The Hall–Kier alpha value is -3.61. The topological polar surface area (TPSA) is 76.8 Å². The SMILES string of the molecule is CCC(C)Nc1c(NC=O)cc(C(C)C)cc1-c1ccc2c(c1)c(-c1cnn(C)c1)nn2C. The van der Waals surface area contributed by atoms with Crippen molar-refractivity contribution in [2.45, 2.75) is 46.1 Å². The van der Waals surface area contributed by atoms with Crippen molar-refractivity contribution in [2.24, 2.45) is 14.1 Å². The summed E-state index contributed by atoms with van der Waals surface area (Å²) in [5.41, 5.74) is 7.99. The van der Waals surface area contributed by atoms with Gasteiger partial charge in [-0.15, -0.1) is 0 Å². The molecule has 0 aliphatic heterocycles. The molecule has 172 valence electrons. The maximum atomic E-state index is 11.4. The van der Waals surface area contributed by atoms with E-state index < -0.39 is 0 Å². The summed E-state index contributed by atoms with van der Waals surface area (Å²) in [6.45, 7) is 8.62. The van der Waals surface area contributed by atoms with Crippen molar-refractivity contribution in [1.29, 1.82) is 0 Å². The molecule has 0 bridgehead atoms. The van der Waals surface area contributed by atoms with E-state index >= 15 is 0 Å². The lowest BCUT2D eigenvalue weighted by Crippen LogP contribution is -2.16. The van der Waals surface area contributed by atoms with Gasteiger partial charge in [0.15, 0.2) is 0 Å². The first-order valence-corrected chi connectivity index (χ1v) is 11.4. The molecule has 1 unspecified atom stereocenters. The summed E-state index contributed by atoms with van der Waals surface area (Å²) in [5, 5.41) is 16.7. The van der Waals surface area contributed by atoms with Crippen LogP contribution in [0.4, 0.5) is 11.4 Å². The van der Waals surface area contributed by atoms with Crippen LogP contribution in [0.1, 0.15) is 45.6 Å². The van der Waals surface area contributed by atoms with Gasteiger partial charge in [-0.1, -0.05) is 26.8 Å². The highest BCUT2D eigenvalue weighted by molar-refractivity contribution is 5.99. The highest BCUT2D eigenvalue weighted by Gasteiger charge is 2.18. The van der Waals surface area contributed by atoms with Gasteiger partial charge in [0.25, 0.3) is 0 Å². The Morgan fingerprint density at radius 1 is 1.09 bits per heavy atom. The third-order valence-electron chi connectivity index (χ3n) is 6.18. The van der Waals surface area contributed by atoms with Crippen LogP contribution in [0.2, 0.25) is 0 Å². The normalized spacial score (nSPS) is 12.3. The van der Waals surface area contributed by atoms with Crippen LogP contribution in [0.3, 0.4) is 0 Å². The number of hydrogen-bond donors (Lipinski definition) is 2. The Kier molecular flexibility index (Phi) is 6.22. The minimum Gasteiger partial charge on any atom is -0.380 e. The maximum absolute atomic E-state index is 11.4. The van der Waals surface area contributed by atoms with Gasteiger partial charge in [0, 0.05) is 42.8 Å². The van der Waals surface area contributed by atoms with Crippen molar-refractivity contribution >= 4 is 28.7 Å². The fraction of sp³-hybridized carbons (Fsp3) is 0.346. The summed E-state index contributed by atoms with van der Waals surface area (Å²) in [4.78, 5) is 11.4. The third kappa shape index (κ3) is 4.35. The van der Waals surface area contributed by atoms with Gasteiger partial charge in [0.2, 0.25) is 6.41 Å². The van der Waals surface area contributed by atoms with Gasteiger partial charge >= 0.3 is 0 Å². The zero-order chi connectivity index (χ0) is 23.7. The molecule has 7 nitrogen and oxygen atoms in total. The lowest BCUT2D eigenvalue weighted by molar-refractivity contribution is -0.105. The Bertz CT molecular complexity index is 1300. The number of hydrogen-bond acceptors (Lipinski definition) is 4. The molecule has 0 fully saturated rings. The van der Waals surface area contributed by atoms with Gasteiger partial charge in [0.05, 0.1) is 23.1 Å². The lowest BCUT2D eigenvalue weighted by atomic mass is 9.93. The average molecular weight is 445 g/mol. The van der Waals surface area contributed by atoms with Gasteiger partial charge in [-0.05, 0) is 54.7 Å². The van der Waals surface area contributed by atoms with Crippen molar-refractivity contribution in [3.63, 3.8) is 0 Å². The van der Waals surface area contributed by atoms with Crippen LogP contribution < -0.4 is 10.6 Å². The second-order valence-electron chi connectivity index (χ2n) is 8.97. The number of aryl methyl sites for hydroxylation is 2. The Morgan fingerprint density at radius 3 is 2.52 bits per heavy atom. The summed E-state index contributed by atoms with van der Waals surface area (Å²) in [7, 11) is 3.87. The third-order valence-corrected chi connectivity index (χ3v) is 6.18. The molecule has 4 rings (SSSR count). The monoisotopic (exact) mass is 444 g/mol. The number of nitrogens with zero attached hydrogens (tertiary/aromatic N) is 4. The van der Waals surface area contributed by atoms with Crippen molar-refractivity contribution < 1.29 is 4.79 Å². The maximum Gasteiger partial charge on any atom is 0.211 e. The van der Waals surface area contributed by atoms with E-state index in [0.29, 0.717) is 5.92 Å². The predicted molar refractivity (Wildman–Crippen MR) is 136 cm³/mol. The van der Waals surface area contributed by atoms with Crippen LogP contribution in [0.15, 0.2) is 42.7 Å². The molecule has 33 heavy (non-hydrogen) atoms. The van der Waals surface area contributed by atoms with Crippen LogP contribution in [0.5, 0.6) is 0 Å². The molecule has 2 heterocycles. The molecule has 2 aromatic carbocycles. The van der Waals surface area contributed by atoms with Gasteiger partial charge in [-0.2, -0.15) is 10.2 Å². The highest BCUT2D eigenvalue weighted by Crippen LogP contribution is 2.40. The van der Waals surface area contributed by atoms with Crippen molar-refractivity contribution in [1.82, 2.24) is 19.6 Å². The average Bonchev–Trinajstić information content (AvgIpc) is 3.37. The molecule has 2 N–H and O–H groups in total. The van der Waals surface area contributed by atoms with E-state index in [-0.39, 0.29) is 6.04 Å². The molecule has 0 saturated carbocycles. The molecular weight excluding hydrogens is 412 g/mol. The first-order valence-electron chi connectivity index (χ1n) is 11.4. The fourth-order valence-electron chi connectivity index (χ4n) is 4.10. The summed E-state index contributed by atoms with van der Waals surface area (Å²) < 4.78 is 3.70. The number of amides is 1. The molecule has 0 saturated heterocycles. The summed E-state index contributed by atoms with van der Waals surface area (Å²) in [5.74, 6) is 0.321. The lowest BCUT2D eigenvalue weighted by Gasteiger charge is -2.22. The second kappa shape index (κ2) is 9.10. The molecule has 2 aromatic heterocycles. The highest BCUT2D eigenvalue weighted by atomic mass is 16.1.